The molecule has 0 heterocycles. The molecule has 1 N–H and O–H groups in total. The largest absolute Gasteiger partial charge is 0.484 e. The van der Waals surface area contributed by atoms with Gasteiger partial charge in [0.05, 0.1) is 5.56 Å². The highest BCUT2D eigenvalue weighted by Gasteiger charge is 2.60. The van der Waals surface area contributed by atoms with Crippen LogP contribution in [0.2, 0.25) is 0 Å². The third kappa shape index (κ3) is 3.64. The number of halogens is 1. The van der Waals surface area contributed by atoms with E-state index in [0.717, 1.165) is 24.8 Å². The average molecular weight is 412 g/mol. The van der Waals surface area contributed by atoms with Crippen molar-refractivity contribution in [2.75, 3.05) is 12.4 Å². The van der Waals surface area contributed by atoms with Crippen LogP contribution < -0.4 is 4.74 Å². The van der Waals surface area contributed by atoms with Gasteiger partial charge in [0.1, 0.15) is 18.0 Å². The molecule has 3 fully saturated rings. The topological polar surface area (TPSA) is 89.9 Å². The van der Waals surface area contributed by atoms with Crippen LogP contribution in [0.1, 0.15) is 49.4 Å². The van der Waals surface area contributed by atoms with Crippen LogP contribution in [0, 0.1) is 29.5 Å². The van der Waals surface area contributed by atoms with Gasteiger partial charge in [0.25, 0.3) is 10.1 Å². The van der Waals surface area contributed by atoms with Gasteiger partial charge in [-0.1, -0.05) is 6.42 Å². The molecule has 0 saturated heterocycles. The molecule has 1 aromatic carbocycles. The summed E-state index contributed by atoms with van der Waals surface area (Å²) in [4.78, 5) is 12.1. The van der Waals surface area contributed by atoms with E-state index in [1.807, 2.05) is 6.92 Å². The summed E-state index contributed by atoms with van der Waals surface area (Å²) in [5.41, 5.74) is -0.359. The summed E-state index contributed by atoms with van der Waals surface area (Å²) < 4.78 is 55.5. The first kappa shape index (κ1) is 19.6. The van der Waals surface area contributed by atoms with Crippen molar-refractivity contribution in [2.24, 2.45) is 23.7 Å². The van der Waals surface area contributed by atoms with Gasteiger partial charge >= 0.3 is 5.97 Å². The highest BCUT2D eigenvalue weighted by Crippen LogP contribution is 2.63. The quantitative estimate of drug-likeness (QED) is 0.568. The molecule has 0 spiro atoms. The molecule has 0 amide bonds. The van der Waals surface area contributed by atoms with Gasteiger partial charge in [-0.05, 0) is 68.6 Å². The summed E-state index contributed by atoms with van der Waals surface area (Å²) in [6, 6.07) is 3.74. The summed E-state index contributed by atoms with van der Waals surface area (Å²) in [7, 11) is -4.21. The minimum Gasteiger partial charge on any atom is -0.484 e. The summed E-state index contributed by atoms with van der Waals surface area (Å²) >= 11 is 0. The zero-order chi connectivity index (χ0) is 20.1. The highest BCUT2D eigenvalue weighted by atomic mass is 32.2. The Bertz CT molecular complexity index is 885. The fourth-order valence-corrected chi connectivity index (χ4v) is 6.08. The molecule has 5 unspecified atom stereocenters. The first-order valence-corrected chi connectivity index (χ1v) is 11.4. The van der Waals surface area contributed by atoms with Crippen LogP contribution >= 0.6 is 0 Å². The van der Waals surface area contributed by atoms with Crippen LogP contribution in [0.15, 0.2) is 18.2 Å². The maximum Gasteiger partial charge on any atom is 0.338 e. The second-order valence-electron chi connectivity index (χ2n) is 8.55. The fourth-order valence-electron chi connectivity index (χ4n) is 5.79. The fraction of sp³-hybridized carbons (Fsp3) is 0.650. The van der Waals surface area contributed by atoms with Crippen LogP contribution in [-0.2, 0) is 14.9 Å². The Morgan fingerprint density at radius 3 is 2.82 bits per heavy atom. The number of ether oxygens (including phenoxy) is 2. The lowest BCUT2D eigenvalue weighted by atomic mass is 9.73. The molecule has 8 heteroatoms. The zero-order valence-electron chi connectivity index (χ0n) is 15.8. The maximum atomic E-state index is 14.4. The molecule has 4 rings (SSSR count). The lowest BCUT2D eigenvalue weighted by molar-refractivity contribution is -0.00976. The standard InChI is InChI=1S/C20H25FO6S/c1-20(11-13-9-16(20)15-4-2-3-14(13)15)27-18-10-12(5-6-17(18)21)19(22)26-7-8-28(23,24)25/h5-6,10,13-16H,2-4,7-9,11H2,1H3,(H,23,24,25). The number of fused-ring (bicyclic) bond motifs is 5. The average Bonchev–Trinajstić information content (AvgIpc) is 3.27. The van der Waals surface area contributed by atoms with Crippen molar-refractivity contribution in [1.29, 1.82) is 0 Å². The number of hydrogen-bond acceptors (Lipinski definition) is 5. The second kappa shape index (κ2) is 6.99. The van der Waals surface area contributed by atoms with E-state index in [9.17, 15) is 17.6 Å². The SMILES string of the molecule is CC1(Oc2cc(C(=O)OCCS(=O)(=O)O)ccc2F)CC2CC1C1CCCC21. The van der Waals surface area contributed by atoms with Crippen LogP contribution in [0.3, 0.4) is 0 Å². The number of carbonyl (C=O) groups excluding carboxylic acids is 1. The van der Waals surface area contributed by atoms with Crippen LogP contribution in [0.25, 0.3) is 0 Å². The molecule has 0 aromatic heterocycles. The van der Waals surface area contributed by atoms with Crippen molar-refractivity contribution in [1.82, 2.24) is 0 Å². The maximum absolute atomic E-state index is 14.4. The van der Waals surface area contributed by atoms with Crippen LogP contribution in [0.4, 0.5) is 4.39 Å². The molecule has 3 aliphatic rings. The zero-order valence-corrected chi connectivity index (χ0v) is 16.6. The Morgan fingerprint density at radius 1 is 1.32 bits per heavy atom. The van der Waals surface area contributed by atoms with Crippen molar-refractivity contribution >= 4 is 16.1 Å². The Labute approximate surface area is 164 Å². The molecule has 6 nitrogen and oxygen atoms in total. The first-order valence-electron chi connectivity index (χ1n) is 9.77. The van der Waals surface area contributed by atoms with Crippen molar-refractivity contribution in [3.8, 4) is 5.75 Å². The number of esters is 1. The molecule has 0 aliphatic heterocycles. The van der Waals surface area contributed by atoms with Crippen LogP contribution in [-0.4, -0.2) is 36.9 Å². The van der Waals surface area contributed by atoms with Crippen LogP contribution in [0.5, 0.6) is 5.75 Å². The third-order valence-electron chi connectivity index (χ3n) is 6.84. The van der Waals surface area contributed by atoms with E-state index in [0.29, 0.717) is 17.8 Å². The molecule has 154 valence electrons. The minimum absolute atomic E-state index is 0.0221. The smallest absolute Gasteiger partial charge is 0.338 e. The van der Waals surface area contributed by atoms with E-state index in [2.05, 4.69) is 0 Å². The van der Waals surface area contributed by atoms with E-state index in [4.69, 9.17) is 14.0 Å². The summed E-state index contributed by atoms with van der Waals surface area (Å²) in [6.45, 7) is 1.57. The van der Waals surface area contributed by atoms with Crippen molar-refractivity contribution < 1.29 is 31.6 Å². The molecule has 0 radical (unpaired) electrons. The van der Waals surface area contributed by atoms with Gasteiger partial charge in [-0.3, -0.25) is 4.55 Å². The first-order chi connectivity index (χ1) is 13.2. The number of hydrogen-bond donors (Lipinski definition) is 1. The molecule has 28 heavy (non-hydrogen) atoms. The lowest BCUT2D eigenvalue weighted by Crippen LogP contribution is -2.43. The lowest BCUT2D eigenvalue weighted by Gasteiger charge is -2.40. The molecule has 3 aliphatic carbocycles. The second-order valence-corrected chi connectivity index (χ2v) is 10.1. The van der Waals surface area contributed by atoms with Crippen molar-refractivity contribution in [3.63, 3.8) is 0 Å². The normalized spacial score (nSPS) is 33.7. The molecular weight excluding hydrogens is 387 g/mol. The third-order valence-corrected chi connectivity index (χ3v) is 7.52. The predicted molar refractivity (Wildman–Crippen MR) is 99.2 cm³/mol. The van der Waals surface area contributed by atoms with Crippen molar-refractivity contribution in [3.05, 3.63) is 29.6 Å². The molecular formula is C20H25FO6S. The monoisotopic (exact) mass is 412 g/mol. The summed E-state index contributed by atoms with van der Waals surface area (Å²) in [5.74, 6) is 0.496. The summed E-state index contributed by atoms with van der Waals surface area (Å²) in [6.07, 6.45) is 5.80. The number of carbonyl (C=O) groups is 1. The Hall–Kier alpha value is -1.67. The molecule has 2 bridgehead atoms. The Balaban J connectivity index is 1.47. The van der Waals surface area contributed by atoms with E-state index >= 15 is 0 Å². The molecule has 5 atom stereocenters. The van der Waals surface area contributed by atoms with E-state index in [1.54, 1.807) is 0 Å². The summed E-state index contributed by atoms with van der Waals surface area (Å²) in [5, 5.41) is 0. The van der Waals surface area contributed by atoms with E-state index in [-0.39, 0.29) is 11.3 Å². The van der Waals surface area contributed by atoms with Gasteiger partial charge in [-0.2, -0.15) is 8.42 Å². The van der Waals surface area contributed by atoms with Gasteiger partial charge in [0.2, 0.25) is 0 Å². The Morgan fingerprint density at radius 2 is 2.07 bits per heavy atom. The highest BCUT2D eigenvalue weighted by molar-refractivity contribution is 7.85. The van der Waals surface area contributed by atoms with Gasteiger partial charge in [-0.25, -0.2) is 9.18 Å². The van der Waals surface area contributed by atoms with Gasteiger partial charge < -0.3 is 9.47 Å². The number of rotatable bonds is 6. The predicted octanol–water partition coefficient (Wildman–Crippen LogP) is 3.46. The minimum atomic E-state index is -4.21. The molecule has 1 aromatic rings. The van der Waals surface area contributed by atoms with Crippen molar-refractivity contribution in [2.45, 2.75) is 44.6 Å². The molecule has 3 saturated carbocycles. The van der Waals surface area contributed by atoms with Gasteiger partial charge in [0, 0.05) is 5.92 Å². The number of benzene rings is 1. The Kier molecular flexibility index (Phi) is 4.90. The van der Waals surface area contributed by atoms with Gasteiger partial charge in [0.15, 0.2) is 11.6 Å². The van der Waals surface area contributed by atoms with E-state index < -0.39 is 39.9 Å². The van der Waals surface area contributed by atoms with E-state index in [1.165, 1.54) is 31.4 Å². The van der Waals surface area contributed by atoms with Gasteiger partial charge in [-0.15, -0.1) is 0 Å².